The minimum absolute atomic E-state index is 0.188. The molecule has 0 heterocycles. The van der Waals surface area contributed by atoms with E-state index in [0.29, 0.717) is 6.04 Å². The van der Waals surface area contributed by atoms with Gasteiger partial charge in [0.25, 0.3) is 0 Å². The molecule has 0 saturated heterocycles. The quantitative estimate of drug-likeness (QED) is 0.678. The number of hydrogen-bond acceptors (Lipinski definition) is 2. The highest BCUT2D eigenvalue weighted by Crippen LogP contribution is 2.42. The van der Waals surface area contributed by atoms with Gasteiger partial charge in [0, 0.05) is 6.04 Å². The highest BCUT2D eigenvalue weighted by molar-refractivity contribution is 5.10. The van der Waals surface area contributed by atoms with Gasteiger partial charge in [0.1, 0.15) is 0 Å². The van der Waals surface area contributed by atoms with Crippen molar-refractivity contribution in [3.8, 4) is 0 Å². The highest BCUT2D eigenvalue weighted by atomic mass is 16.3. The first-order valence-corrected chi connectivity index (χ1v) is 6.25. The third-order valence-electron chi connectivity index (χ3n) is 3.84. The van der Waals surface area contributed by atoms with Crippen molar-refractivity contribution in [2.24, 2.45) is 17.8 Å². The van der Waals surface area contributed by atoms with Crippen LogP contribution in [0.3, 0.4) is 0 Å². The predicted molar refractivity (Wildman–Crippen MR) is 62.6 cm³/mol. The molecule has 2 aliphatic rings. The summed E-state index contributed by atoms with van der Waals surface area (Å²) in [7, 11) is 0. The molecule has 86 valence electrons. The first-order chi connectivity index (χ1) is 7.15. The second-order valence-corrected chi connectivity index (χ2v) is 5.43. The molecule has 1 saturated carbocycles. The fourth-order valence-corrected chi connectivity index (χ4v) is 3.08. The summed E-state index contributed by atoms with van der Waals surface area (Å²) >= 11 is 0. The minimum Gasteiger partial charge on any atom is -0.393 e. The molecule has 0 aliphatic heterocycles. The van der Waals surface area contributed by atoms with Gasteiger partial charge in [-0.3, -0.25) is 0 Å². The monoisotopic (exact) mass is 209 g/mol. The lowest BCUT2D eigenvalue weighted by molar-refractivity contribution is 0.169. The van der Waals surface area contributed by atoms with Gasteiger partial charge in [-0.1, -0.05) is 12.2 Å². The van der Waals surface area contributed by atoms with E-state index in [1.54, 1.807) is 0 Å². The summed E-state index contributed by atoms with van der Waals surface area (Å²) < 4.78 is 0. The van der Waals surface area contributed by atoms with Crippen LogP contribution in [0.5, 0.6) is 0 Å². The van der Waals surface area contributed by atoms with Crippen molar-refractivity contribution in [3.63, 3.8) is 0 Å². The molecule has 2 bridgehead atoms. The lowest BCUT2D eigenvalue weighted by Gasteiger charge is -2.22. The van der Waals surface area contributed by atoms with Gasteiger partial charge in [0.05, 0.1) is 6.10 Å². The van der Waals surface area contributed by atoms with Gasteiger partial charge < -0.3 is 10.4 Å². The molecule has 0 amide bonds. The Morgan fingerprint density at radius 3 is 2.67 bits per heavy atom. The maximum Gasteiger partial charge on any atom is 0.0526 e. The highest BCUT2D eigenvalue weighted by Gasteiger charge is 2.35. The molecule has 2 rings (SSSR count). The molecular formula is C13H23NO. The molecule has 1 fully saturated rings. The molecular weight excluding hydrogens is 186 g/mol. The summed E-state index contributed by atoms with van der Waals surface area (Å²) in [5.74, 6) is 2.55. The number of allylic oxidation sites excluding steroid dienone is 2. The zero-order valence-corrected chi connectivity index (χ0v) is 9.82. The molecule has 0 aromatic heterocycles. The lowest BCUT2D eigenvalue weighted by atomic mass is 9.93. The Morgan fingerprint density at radius 2 is 2.13 bits per heavy atom. The van der Waals surface area contributed by atoms with Crippen molar-refractivity contribution in [3.05, 3.63) is 12.2 Å². The van der Waals surface area contributed by atoms with Crippen molar-refractivity contribution in [1.82, 2.24) is 5.32 Å². The van der Waals surface area contributed by atoms with Gasteiger partial charge in [-0.25, -0.2) is 0 Å². The molecule has 2 N–H and O–H groups in total. The van der Waals surface area contributed by atoms with Gasteiger partial charge in [-0.05, 0) is 57.4 Å². The van der Waals surface area contributed by atoms with Crippen LogP contribution in [0.2, 0.25) is 0 Å². The summed E-state index contributed by atoms with van der Waals surface area (Å²) in [6.07, 6.45) is 8.22. The second kappa shape index (κ2) is 4.67. The Labute approximate surface area is 92.8 Å². The zero-order chi connectivity index (χ0) is 10.8. The molecule has 5 unspecified atom stereocenters. The molecule has 0 aromatic rings. The summed E-state index contributed by atoms with van der Waals surface area (Å²) in [4.78, 5) is 0. The van der Waals surface area contributed by atoms with Gasteiger partial charge in [-0.15, -0.1) is 0 Å². The van der Waals surface area contributed by atoms with Crippen molar-refractivity contribution in [2.75, 3.05) is 6.54 Å². The molecule has 0 spiro atoms. The van der Waals surface area contributed by atoms with Crippen molar-refractivity contribution >= 4 is 0 Å². The number of fused-ring (bicyclic) bond motifs is 2. The molecule has 5 atom stereocenters. The van der Waals surface area contributed by atoms with Crippen LogP contribution in [0.25, 0.3) is 0 Å². The molecule has 2 nitrogen and oxygen atoms in total. The smallest absolute Gasteiger partial charge is 0.0526 e. The molecule has 0 radical (unpaired) electrons. The van der Waals surface area contributed by atoms with Crippen LogP contribution < -0.4 is 5.32 Å². The molecule has 2 aliphatic carbocycles. The maximum atomic E-state index is 9.27. The third kappa shape index (κ3) is 2.82. The minimum atomic E-state index is -0.188. The molecule has 0 aromatic carbocycles. The zero-order valence-electron chi connectivity index (χ0n) is 9.82. The van der Waals surface area contributed by atoms with Gasteiger partial charge in [0.2, 0.25) is 0 Å². The average Bonchev–Trinajstić information content (AvgIpc) is 2.74. The summed E-state index contributed by atoms with van der Waals surface area (Å²) in [5.41, 5.74) is 0. The number of nitrogens with one attached hydrogen (secondary N) is 1. The number of rotatable bonds is 5. The van der Waals surface area contributed by atoms with E-state index >= 15 is 0 Å². The third-order valence-corrected chi connectivity index (χ3v) is 3.84. The maximum absolute atomic E-state index is 9.27. The van der Waals surface area contributed by atoms with Crippen molar-refractivity contribution in [1.29, 1.82) is 0 Å². The van der Waals surface area contributed by atoms with E-state index in [2.05, 4.69) is 24.4 Å². The van der Waals surface area contributed by atoms with E-state index in [9.17, 15) is 5.11 Å². The van der Waals surface area contributed by atoms with Crippen molar-refractivity contribution < 1.29 is 5.11 Å². The van der Waals surface area contributed by atoms with E-state index < -0.39 is 0 Å². The van der Waals surface area contributed by atoms with E-state index in [0.717, 1.165) is 30.7 Å². The summed E-state index contributed by atoms with van der Waals surface area (Å²) in [6, 6.07) is 0.438. The summed E-state index contributed by atoms with van der Waals surface area (Å²) in [5, 5.41) is 12.8. The second-order valence-electron chi connectivity index (χ2n) is 5.43. The lowest BCUT2D eigenvalue weighted by Crippen LogP contribution is -2.34. The van der Waals surface area contributed by atoms with Crippen LogP contribution in [-0.4, -0.2) is 23.8 Å². The van der Waals surface area contributed by atoms with Crippen LogP contribution in [0.1, 0.15) is 33.1 Å². The number of aliphatic hydroxyl groups excluding tert-OH is 1. The Morgan fingerprint density at radius 1 is 1.33 bits per heavy atom. The normalized spacial score (nSPS) is 37.1. The SMILES string of the molecule is CC(O)CC(C)NCC1CC2C=CC1C2. The van der Waals surface area contributed by atoms with Gasteiger partial charge >= 0.3 is 0 Å². The van der Waals surface area contributed by atoms with Crippen LogP contribution >= 0.6 is 0 Å². The largest absolute Gasteiger partial charge is 0.393 e. The predicted octanol–water partition coefficient (Wildman–Crippen LogP) is 1.95. The molecule has 2 heteroatoms. The summed E-state index contributed by atoms with van der Waals surface area (Å²) in [6.45, 7) is 5.15. The Kier molecular flexibility index (Phi) is 3.47. The van der Waals surface area contributed by atoms with Crippen LogP contribution in [0, 0.1) is 17.8 Å². The Bertz CT molecular complexity index is 237. The van der Waals surface area contributed by atoms with Crippen LogP contribution in [0.4, 0.5) is 0 Å². The topological polar surface area (TPSA) is 32.3 Å². The van der Waals surface area contributed by atoms with Crippen LogP contribution in [-0.2, 0) is 0 Å². The van der Waals surface area contributed by atoms with E-state index in [1.165, 1.54) is 12.8 Å². The van der Waals surface area contributed by atoms with E-state index in [-0.39, 0.29) is 6.10 Å². The number of aliphatic hydroxyl groups is 1. The van der Waals surface area contributed by atoms with Crippen LogP contribution in [0.15, 0.2) is 12.2 Å². The first kappa shape index (κ1) is 11.2. The Balaban J connectivity index is 1.68. The Hall–Kier alpha value is -0.340. The van der Waals surface area contributed by atoms with Crippen molar-refractivity contribution in [2.45, 2.75) is 45.3 Å². The van der Waals surface area contributed by atoms with E-state index in [1.807, 2.05) is 6.92 Å². The standard InChI is InChI=1S/C13H23NO/c1-9(5-10(2)15)14-8-13-7-11-3-4-12(13)6-11/h3-4,9-15H,5-8H2,1-2H3. The fraction of sp³-hybridized carbons (Fsp3) is 0.846. The van der Waals surface area contributed by atoms with E-state index in [4.69, 9.17) is 0 Å². The first-order valence-electron chi connectivity index (χ1n) is 6.25. The fourth-order valence-electron chi connectivity index (χ4n) is 3.08. The molecule has 15 heavy (non-hydrogen) atoms. The average molecular weight is 209 g/mol. The van der Waals surface area contributed by atoms with Gasteiger partial charge in [-0.2, -0.15) is 0 Å². The van der Waals surface area contributed by atoms with Gasteiger partial charge in [0.15, 0.2) is 0 Å². The number of hydrogen-bond donors (Lipinski definition) is 2.